The highest BCUT2D eigenvalue weighted by Crippen LogP contribution is 2.55. The molecule has 1 atom stereocenters. The van der Waals surface area contributed by atoms with Crippen molar-refractivity contribution >= 4 is 41.5 Å². The van der Waals surface area contributed by atoms with Crippen LogP contribution in [0.4, 0.5) is 15.3 Å². The van der Waals surface area contributed by atoms with E-state index in [1.165, 1.54) is 4.90 Å². The molecule has 2 fully saturated rings. The lowest BCUT2D eigenvalue weighted by molar-refractivity contribution is -0.123. The number of benzene rings is 2. The van der Waals surface area contributed by atoms with Crippen LogP contribution >= 0.6 is 11.8 Å². The molecule has 2 N–H and O–H groups in total. The number of hydrogen-bond donors (Lipinski definition) is 2. The molecule has 3 aliphatic rings. The maximum Gasteiger partial charge on any atom is 0.407 e. The van der Waals surface area contributed by atoms with Crippen LogP contribution in [0.1, 0.15) is 67.4 Å². The van der Waals surface area contributed by atoms with Crippen molar-refractivity contribution in [2.45, 2.75) is 81.2 Å². The van der Waals surface area contributed by atoms with E-state index >= 15 is 0 Å². The number of anilines is 1. The van der Waals surface area contributed by atoms with Crippen LogP contribution in [0.2, 0.25) is 0 Å². The second-order valence-electron chi connectivity index (χ2n) is 11.9. The first-order chi connectivity index (χ1) is 20.6. The molecule has 230 valence electrons. The lowest BCUT2D eigenvalue weighted by atomic mass is 9.82. The van der Waals surface area contributed by atoms with Gasteiger partial charge in [-0.05, 0) is 76.1 Å². The Morgan fingerprint density at radius 3 is 2.56 bits per heavy atom. The van der Waals surface area contributed by atoms with Gasteiger partial charge < -0.3 is 29.9 Å². The minimum atomic E-state index is -0.973. The molecule has 1 saturated heterocycles. The highest BCUT2D eigenvalue weighted by atomic mass is 32.2. The summed E-state index contributed by atoms with van der Waals surface area (Å²) in [6.07, 6.45) is 2.46. The molecular formula is C32H40N4O6S. The third kappa shape index (κ3) is 6.46. The molecule has 0 aromatic heterocycles. The van der Waals surface area contributed by atoms with E-state index < -0.39 is 16.9 Å². The fraction of sp³-hybridized carbons (Fsp3) is 0.500. The second-order valence-corrected chi connectivity index (χ2v) is 13.3. The average Bonchev–Trinajstić information content (AvgIpc) is 2.96. The molecule has 0 bridgehead atoms. The van der Waals surface area contributed by atoms with E-state index in [1.54, 1.807) is 21.6 Å². The van der Waals surface area contributed by atoms with Gasteiger partial charge in [-0.2, -0.15) is 0 Å². The van der Waals surface area contributed by atoms with Crippen molar-refractivity contribution in [2.24, 2.45) is 0 Å². The van der Waals surface area contributed by atoms with Gasteiger partial charge in [0.25, 0.3) is 5.91 Å². The van der Waals surface area contributed by atoms with Crippen LogP contribution in [0.25, 0.3) is 0 Å². The minimum absolute atomic E-state index is 0.00283. The maximum absolute atomic E-state index is 14.1. The number of amides is 4. The number of alkyl carbamates (subject to hydrolysis) is 1. The molecule has 0 radical (unpaired) electrons. The van der Waals surface area contributed by atoms with Crippen LogP contribution < -0.4 is 10.2 Å². The van der Waals surface area contributed by atoms with Gasteiger partial charge in [0.15, 0.2) is 0 Å². The van der Waals surface area contributed by atoms with Gasteiger partial charge in [-0.1, -0.05) is 30.3 Å². The van der Waals surface area contributed by atoms with E-state index in [0.717, 1.165) is 41.7 Å². The fourth-order valence-electron chi connectivity index (χ4n) is 6.20. The summed E-state index contributed by atoms with van der Waals surface area (Å²) >= 11 is 1.58. The zero-order chi connectivity index (χ0) is 30.7. The van der Waals surface area contributed by atoms with Crippen LogP contribution in [-0.2, 0) is 16.1 Å². The van der Waals surface area contributed by atoms with E-state index in [9.17, 15) is 24.3 Å². The molecular weight excluding hydrogens is 568 g/mol. The van der Waals surface area contributed by atoms with E-state index in [-0.39, 0.29) is 50.1 Å². The Balaban J connectivity index is 1.35. The highest BCUT2D eigenvalue weighted by molar-refractivity contribution is 8.01. The average molecular weight is 609 g/mol. The summed E-state index contributed by atoms with van der Waals surface area (Å²) in [4.78, 5) is 57.9. The molecule has 1 spiro atoms. The Bertz CT molecular complexity index is 1380. The number of carbonyl (C=O) groups excluding carboxylic acids is 3. The van der Waals surface area contributed by atoms with E-state index in [2.05, 4.69) is 5.32 Å². The number of ether oxygens (including phenoxy) is 1. The van der Waals surface area contributed by atoms with Crippen LogP contribution in [0.15, 0.2) is 47.4 Å². The number of thioether (sulfide) groups is 1. The van der Waals surface area contributed by atoms with E-state index in [0.29, 0.717) is 24.2 Å². The first-order valence-corrected chi connectivity index (χ1v) is 15.8. The summed E-state index contributed by atoms with van der Waals surface area (Å²) in [5, 5.41) is 12.3. The summed E-state index contributed by atoms with van der Waals surface area (Å²) in [5.41, 5.74) is 2.87. The Morgan fingerprint density at radius 1 is 1.16 bits per heavy atom. The molecule has 1 saturated carbocycles. The van der Waals surface area contributed by atoms with Crippen molar-refractivity contribution in [3.63, 3.8) is 0 Å². The molecule has 2 aromatic carbocycles. The van der Waals surface area contributed by atoms with Gasteiger partial charge in [0.2, 0.25) is 5.91 Å². The number of fused-ring (bicyclic) bond motifs is 1. The Morgan fingerprint density at radius 2 is 1.91 bits per heavy atom. The van der Waals surface area contributed by atoms with Crippen LogP contribution in [-0.4, -0.2) is 81.9 Å². The van der Waals surface area contributed by atoms with Gasteiger partial charge in [0.1, 0.15) is 6.61 Å². The molecule has 43 heavy (non-hydrogen) atoms. The number of rotatable bonds is 8. The lowest BCUT2D eigenvalue weighted by Crippen LogP contribution is -2.55. The summed E-state index contributed by atoms with van der Waals surface area (Å²) in [5.74, 6) is -0.167. The van der Waals surface area contributed by atoms with Crippen molar-refractivity contribution in [1.29, 1.82) is 0 Å². The van der Waals surface area contributed by atoms with E-state index in [1.807, 2.05) is 63.2 Å². The molecule has 1 aliphatic carbocycles. The molecule has 11 heteroatoms. The standard InChI is InChI=1S/C32H40N4O6S/c1-21(2)36(24-11-7-15-34(19-24)31(40)41)28(37)25-18-26-27(17-22(25)3)43-32(12-8-13-32)29(38)35(26)16-14-33-30(39)42-20-23-9-5-4-6-10-23/h4-6,9-10,17-18,21,24H,7-8,11-16,19-20H2,1-3H3,(H,33,39)(H,40,41)/t24-/m1/s1. The zero-order valence-corrected chi connectivity index (χ0v) is 25.8. The summed E-state index contributed by atoms with van der Waals surface area (Å²) in [6, 6.07) is 12.8. The number of hydrogen-bond acceptors (Lipinski definition) is 6. The Hall–Kier alpha value is -3.73. The van der Waals surface area contributed by atoms with Crippen LogP contribution in [0, 0.1) is 6.92 Å². The molecule has 0 unspecified atom stereocenters. The predicted molar refractivity (Wildman–Crippen MR) is 165 cm³/mol. The smallest absolute Gasteiger partial charge is 0.407 e. The largest absolute Gasteiger partial charge is 0.465 e. The second kappa shape index (κ2) is 12.9. The number of aryl methyl sites for hydroxylation is 1. The lowest BCUT2D eigenvalue weighted by Gasteiger charge is -2.47. The van der Waals surface area contributed by atoms with Gasteiger partial charge in [0.05, 0.1) is 16.5 Å². The van der Waals surface area contributed by atoms with Crippen LogP contribution in [0.3, 0.4) is 0 Å². The zero-order valence-electron chi connectivity index (χ0n) is 25.0. The summed E-state index contributed by atoms with van der Waals surface area (Å²) < 4.78 is 4.83. The number of nitrogens with zero attached hydrogens (tertiary/aromatic N) is 3. The molecule has 2 aromatic rings. The Kier molecular flexibility index (Phi) is 9.19. The fourth-order valence-corrected chi connectivity index (χ4v) is 7.82. The van der Waals surface area contributed by atoms with Gasteiger partial charge in [-0.3, -0.25) is 9.59 Å². The summed E-state index contributed by atoms with van der Waals surface area (Å²) in [6.45, 7) is 7.14. The maximum atomic E-state index is 14.1. The number of carbonyl (C=O) groups is 4. The molecule has 10 nitrogen and oxygen atoms in total. The van der Waals surface area contributed by atoms with Gasteiger partial charge in [-0.15, -0.1) is 11.8 Å². The molecule has 5 rings (SSSR count). The monoisotopic (exact) mass is 608 g/mol. The normalized spacial score (nSPS) is 19.1. The number of carboxylic acid groups (broad SMARTS) is 1. The van der Waals surface area contributed by atoms with Gasteiger partial charge in [0, 0.05) is 42.7 Å². The molecule has 4 amide bonds. The van der Waals surface area contributed by atoms with Gasteiger partial charge in [-0.25, -0.2) is 9.59 Å². The SMILES string of the molecule is Cc1cc2c(cc1C(=O)N(C(C)C)[C@@H]1CCCN(C(=O)O)C1)N(CCNC(=O)OCc1ccccc1)C(=O)C1(CCC1)S2. The van der Waals surface area contributed by atoms with Crippen molar-refractivity contribution in [3.05, 3.63) is 59.2 Å². The van der Waals surface area contributed by atoms with Crippen molar-refractivity contribution in [3.8, 4) is 0 Å². The topological polar surface area (TPSA) is 119 Å². The third-order valence-corrected chi connectivity index (χ3v) is 10.1. The number of nitrogens with one attached hydrogen (secondary N) is 1. The molecule has 2 heterocycles. The third-order valence-electron chi connectivity index (χ3n) is 8.60. The Labute approximate surface area is 256 Å². The first kappa shape index (κ1) is 30.7. The molecule has 2 aliphatic heterocycles. The first-order valence-electron chi connectivity index (χ1n) is 15.0. The van der Waals surface area contributed by atoms with Gasteiger partial charge >= 0.3 is 12.2 Å². The number of likely N-dealkylation sites (tertiary alicyclic amines) is 1. The van der Waals surface area contributed by atoms with Crippen LogP contribution in [0.5, 0.6) is 0 Å². The van der Waals surface area contributed by atoms with Crippen molar-refractivity contribution < 1.29 is 29.0 Å². The highest BCUT2D eigenvalue weighted by Gasteiger charge is 2.51. The van der Waals surface area contributed by atoms with E-state index in [4.69, 9.17) is 4.74 Å². The predicted octanol–water partition coefficient (Wildman–Crippen LogP) is 5.28. The number of piperidine rings is 1. The quantitative estimate of drug-likeness (QED) is 0.419. The van der Waals surface area contributed by atoms with Crippen molar-refractivity contribution in [2.75, 3.05) is 31.1 Å². The minimum Gasteiger partial charge on any atom is -0.465 e. The summed E-state index contributed by atoms with van der Waals surface area (Å²) in [7, 11) is 0. The van der Waals surface area contributed by atoms with Crippen molar-refractivity contribution in [1.82, 2.24) is 15.1 Å².